The molecule has 2 rings (SSSR count). The van der Waals surface area contributed by atoms with Gasteiger partial charge in [-0.15, -0.1) is 0 Å². The number of carbonyl (C=O) groups is 2. The van der Waals surface area contributed by atoms with Gasteiger partial charge in [0.15, 0.2) is 0 Å². The topological polar surface area (TPSA) is 40.6 Å². The standard InChI is InChI=1S/C12H19BrN2O2/c1-9(16)14-4-2-11(3-5-14)15-8-10(7-13)6-12(15)17/h10-11H,2-8H2,1H3. The molecule has 0 saturated carbocycles. The highest BCUT2D eigenvalue weighted by Crippen LogP contribution is 2.26. The van der Waals surface area contributed by atoms with Gasteiger partial charge in [-0.2, -0.15) is 0 Å². The number of carbonyl (C=O) groups excluding carboxylic acids is 2. The van der Waals surface area contributed by atoms with Crippen molar-refractivity contribution < 1.29 is 9.59 Å². The van der Waals surface area contributed by atoms with Gasteiger partial charge in [-0.1, -0.05) is 15.9 Å². The van der Waals surface area contributed by atoms with Gasteiger partial charge in [-0.3, -0.25) is 9.59 Å². The summed E-state index contributed by atoms with van der Waals surface area (Å²) >= 11 is 3.45. The van der Waals surface area contributed by atoms with Crippen molar-refractivity contribution in [2.45, 2.75) is 32.2 Å². The number of hydrogen-bond acceptors (Lipinski definition) is 2. The summed E-state index contributed by atoms with van der Waals surface area (Å²) in [4.78, 5) is 27.0. The van der Waals surface area contributed by atoms with Crippen LogP contribution in [0.15, 0.2) is 0 Å². The van der Waals surface area contributed by atoms with E-state index in [1.54, 1.807) is 6.92 Å². The lowest BCUT2D eigenvalue weighted by molar-refractivity contribution is -0.133. The first-order valence-corrected chi connectivity index (χ1v) is 7.35. The Kier molecular flexibility index (Phi) is 4.07. The van der Waals surface area contributed by atoms with Gasteiger partial charge in [0.1, 0.15) is 0 Å². The molecule has 2 heterocycles. The molecule has 17 heavy (non-hydrogen) atoms. The van der Waals surface area contributed by atoms with E-state index in [0.29, 0.717) is 18.4 Å². The van der Waals surface area contributed by atoms with Crippen LogP contribution >= 0.6 is 15.9 Å². The average molecular weight is 303 g/mol. The molecule has 1 atom stereocenters. The Hall–Kier alpha value is -0.580. The number of likely N-dealkylation sites (tertiary alicyclic amines) is 2. The average Bonchev–Trinajstić information content (AvgIpc) is 2.71. The fourth-order valence-corrected chi connectivity index (χ4v) is 3.19. The zero-order valence-electron chi connectivity index (χ0n) is 10.2. The van der Waals surface area contributed by atoms with Crippen LogP contribution in [0.5, 0.6) is 0 Å². The monoisotopic (exact) mass is 302 g/mol. The predicted molar refractivity (Wildman–Crippen MR) is 68.9 cm³/mol. The van der Waals surface area contributed by atoms with Gasteiger partial charge >= 0.3 is 0 Å². The van der Waals surface area contributed by atoms with Gasteiger partial charge in [-0.05, 0) is 18.8 Å². The van der Waals surface area contributed by atoms with E-state index in [1.807, 2.05) is 9.80 Å². The Morgan fingerprint density at radius 1 is 1.41 bits per heavy atom. The van der Waals surface area contributed by atoms with Gasteiger partial charge in [-0.25, -0.2) is 0 Å². The number of nitrogens with zero attached hydrogens (tertiary/aromatic N) is 2. The first-order chi connectivity index (χ1) is 8.11. The Morgan fingerprint density at radius 3 is 2.53 bits per heavy atom. The molecule has 0 aromatic carbocycles. The fraction of sp³-hybridized carbons (Fsp3) is 0.833. The van der Waals surface area contributed by atoms with Crippen LogP contribution in [0.1, 0.15) is 26.2 Å². The Morgan fingerprint density at radius 2 is 2.06 bits per heavy atom. The molecule has 4 nitrogen and oxygen atoms in total. The van der Waals surface area contributed by atoms with Gasteiger partial charge < -0.3 is 9.80 Å². The van der Waals surface area contributed by atoms with Crippen molar-refractivity contribution in [3.8, 4) is 0 Å². The first kappa shape index (κ1) is 12.9. The maximum atomic E-state index is 11.9. The number of hydrogen-bond donors (Lipinski definition) is 0. The number of rotatable bonds is 2. The van der Waals surface area contributed by atoms with Gasteiger partial charge in [0.2, 0.25) is 11.8 Å². The molecule has 0 N–H and O–H groups in total. The molecule has 1 unspecified atom stereocenters. The lowest BCUT2D eigenvalue weighted by atomic mass is 10.0. The zero-order chi connectivity index (χ0) is 12.4. The maximum absolute atomic E-state index is 11.9. The number of halogens is 1. The van der Waals surface area contributed by atoms with E-state index in [1.165, 1.54) is 0 Å². The Balaban J connectivity index is 1.89. The van der Waals surface area contributed by atoms with Crippen molar-refractivity contribution in [3.63, 3.8) is 0 Å². The van der Waals surface area contributed by atoms with Crippen molar-refractivity contribution in [2.24, 2.45) is 5.92 Å². The minimum Gasteiger partial charge on any atom is -0.343 e. The molecule has 0 spiro atoms. The van der Waals surface area contributed by atoms with E-state index in [-0.39, 0.29) is 11.8 Å². The SMILES string of the molecule is CC(=O)N1CCC(N2CC(CBr)CC2=O)CC1. The molecule has 0 aliphatic carbocycles. The molecule has 0 bridgehead atoms. The van der Waals surface area contributed by atoms with Crippen LogP contribution in [-0.4, -0.2) is 52.6 Å². The summed E-state index contributed by atoms with van der Waals surface area (Å²) in [5, 5.41) is 0.904. The minimum absolute atomic E-state index is 0.148. The Labute approximate surface area is 110 Å². The summed E-state index contributed by atoms with van der Waals surface area (Å²) in [6.45, 7) is 4.09. The highest BCUT2D eigenvalue weighted by atomic mass is 79.9. The summed E-state index contributed by atoms with van der Waals surface area (Å²) in [5.74, 6) is 0.901. The summed E-state index contributed by atoms with van der Waals surface area (Å²) in [6, 6.07) is 0.349. The molecule has 96 valence electrons. The summed E-state index contributed by atoms with van der Waals surface area (Å²) in [6.07, 6.45) is 2.54. The van der Waals surface area contributed by atoms with Gasteiger partial charge in [0.25, 0.3) is 0 Å². The van der Waals surface area contributed by atoms with E-state index in [9.17, 15) is 9.59 Å². The van der Waals surface area contributed by atoms with Crippen molar-refractivity contribution in [3.05, 3.63) is 0 Å². The molecular weight excluding hydrogens is 284 g/mol. The Bertz CT molecular complexity index is 314. The summed E-state index contributed by atoms with van der Waals surface area (Å²) in [5.41, 5.74) is 0. The molecule has 0 radical (unpaired) electrons. The van der Waals surface area contributed by atoms with Crippen LogP contribution in [-0.2, 0) is 9.59 Å². The molecule has 2 fully saturated rings. The molecular formula is C12H19BrN2O2. The van der Waals surface area contributed by atoms with Crippen molar-refractivity contribution in [1.82, 2.24) is 9.80 Å². The van der Waals surface area contributed by atoms with Gasteiger partial charge in [0.05, 0.1) is 0 Å². The molecule has 2 aliphatic rings. The normalized spacial score (nSPS) is 26.7. The van der Waals surface area contributed by atoms with E-state index >= 15 is 0 Å². The summed E-state index contributed by atoms with van der Waals surface area (Å²) < 4.78 is 0. The lowest BCUT2D eigenvalue weighted by Gasteiger charge is -2.36. The van der Waals surface area contributed by atoms with Crippen LogP contribution in [0.3, 0.4) is 0 Å². The highest BCUT2D eigenvalue weighted by Gasteiger charge is 2.35. The van der Waals surface area contributed by atoms with E-state index < -0.39 is 0 Å². The third kappa shape index (κ3) is 2.81. The smallest absolute Gasteiger partial charge is 0.223 e. The second kappa shape index (κ2) is 5.38. The highest BCUT2D eigenvalue weighted by molar-refractivity contribution is 9.09. The molecule has 0 aromatic rings. The predicted octanol–water partition coefficient (Wildman–Crippen LogP) is 1.24. The molecule has 2 amide bonds. The molecule has 5 heteroatoms. The third-order valence-electron chi connectivity index (χ3n) is 3.81. The molecule has 0 aromatic heterocycles. The van der Waals surface area contributed by atoms with Crippen LogP contribution in [0, 0.1) is 5.92 Å². The lowest BCUT2D eigenvalue weighted by Crippen LogP contribution is -2.46. The van der Waals surface area contributed by atoms with Crippen LogP contribution in [0.25, 0.3) is 0 Å². The summed E-state index contributed by atoms with van der Waals surface area (Å²) in [7, 11) is 0. The third-order valence-corrected chi connectivity index (χ3v) is 4.72. The van der Waals surface area contributed by atoms with E-state index in [2.05, 4.69) is 15.9 Å². The van der Waals surface area contributed by atoms with Gasteiger partial charge in [0, 0.05) is 44.4 Å². The van der Waals surface area contributed by atoms with Crippen molar-refractivity contribution >= 4 is 27.7 Å². The number of alkyl halides is 1. The maximum Gasteiger partial charge on any atom is 0.223 e. The van der Waals surface area contributed by atoms with Crippen LogP contribution in [0.2, 0.25) is 0 Å². The number of piperidine rings is 1. The van der Waals surface area contributed by atoms with E-state index in [0.717, 1.165) is 37.8 Å². The quantitative estimate of drug-likeness (QED) is 0.720. The molecule has 2 aliphatic heterocycles. The first-order valence-electron chi connectivity index (χ1n) is 6.22. The second-order valence-corrected chi connectivity index (χ2v) is 5.66. The van der Waals surface area contributed by atoms with Crippen molar-refractivity contribution in [2.75, 3.05) is 25.0 Å². The second-order valence-electron chi connectivity index (χ2n) is 5.01. The van der Waals surface area contributed by atoms with E-state index in [4.69, 9.17) is 0 Å². The van der Waals surface area contributed by atoms with Crippen LogP contribution < -0.4 is 0 Å². The van der Waals surface area contributed by atoms with Crippen molar-refractivity contribution in [1.29, 1.82) is 0 Å². The minimum atomic E-state index is 0.148. The zero-order valence-corrected chi connectivity index (χ0v) is 11.8. The number of amides is 2. The molecule has 2 saturated heterocycles. The largest absolute Gasteiger partial charge is 0.343 e. The fourth-order valence-electron chi connectivity index (χ4n) is 2.76. The van der Waals surface area contributed by atoms with Crippen LogP contribution in [0.4, 0.5) is 0 Å².